The standard InChI is InChI=1S/C16H19NO4/c1-4-21-16(18)15-10-8-13(19-2)14(20-3)9-12(10)17-7-5-6-11(15)17/h8-9H,4-7H2,1-3H3. The third kappa shape index (κ3) is 2.04. The molecule has 2 aromatic rings. The van der Waals surface area contributed by atoms with E-state index in [1.54, 1.807) is 14.2 Å². The largest absolute Gasteiger partial charge is 0.493 e. The van der Waals surface area contributed by atoms with Gasteiger partial charge in [0.1, 0.15) is 0 Å². The molecule has 0 atom stereocenters. The number of hydrogen-bond acceptors (Lipinski definition) is 4. The summed E-state index contributed by atoms with van der Waals surface area (Å²) < 4.78 is 18.1. The average Bonchev–Trinajstić information content (AvgIpc) is 3.05. The molecule has 21 heavy (non-hydrogen) atoms. The summed E-state index contributed by atoms with van der Waals surface area (Å²) in [5, 5.41) is 0.876. The summed E-state index contributed by atoms with van der Waals surface area (Å²) in [5.41, 5.74) is 2.73. The molecule has 1 aliphatic rings. The van der Waals surface area contributed by atoms with Crippen molar-refractivity contribution in [1.29, 1.82) is 0 Å². The van der Waals surface area contributed by atoms with Gasteiger partial charge in [-0.3, -0.25) is 0 Å². The molecule has 0 radical (unpaired) electrons. The lowest BCUT2D eigenvalue weighted by Crippen LogP contribution is -2.06. The number of methoxy groups -OCH3 is 2. The molecular formula is C16H19NO4. The zero-order valence-electron chi connectivity index (χ0n) is 12.6. The summed E-state index contributed by atoms with van der Waals surface area (Å²) in [5.74, 6) is 1.04. The van der Waals surface area contributed by atoms with Gasteiger partial charge in [-0.25, -0.2) is 4.79 Å². The molecule has 0 N–H and O–H groups in total. The second-order valence-electron chi connectivity index (χ2n) is 5.02. The first-order chi connectivity index (χ1) is 10.2. The number of hydrogen-bond donors (Lipinski definition) is 0. The van der Waals surface area contributed by atoms with E-state index in [-0.39, 0.29) is 5.97 Å². The van der Waals surface area contributed by atoms with Crippen molar-refractivity contribution in [1.82, 2.24) is 4.57 Å². The predicted molar refractivity (Wildman–Crippen MR) is 79.3 cm³/mol. The first-order valence-corrected chi connectivity index (χ1v) is 7.15. The summed E-state index contributed by atoms with van der Waals surface area (Å²) in [4.78, 5) is 12.3. The molecule has 5 nitrogen and oxygen atoms in total. The third-order valence-corrected chi connectivity index (χ3v) is 3.95. The molecule has 0 spiro atoms. The Kier molecular flexibility index (Phi) is 3.49. The van der Waals surface area contributed by atoms with Crippen LogP contribution in [0.15, 0.2) is 12.1 Å². The highest BCUT2D eigenvalue weighted by molar-refractivity contribution is 6.07. The Bertz CT molecular complexity index is 702. The minimum Gasteiger partial charge on any atom is -0.493 e. The van der Waals surface area contributed by atoms with Crippen LogP contribution < -0.4 is 9.47 Å². The van der Waals surface area contributed by atoms with Crippen LogP contribution in [0.2, 0.25) is 0 Å². The van der Waals surface area contributed by atoms with Crippen LogP contribution >= 0.6 is 0 Å². The molecule has 0 bridgehead atoms. The highest BCUT2D eigenvalue weighted by atomic mass is 16.5. The van der Waals surface area contributed by atoms with Gasteiger partial charge < -0.3 is 18.8 Å². The van der Waals surface area contributed by atoms with Gasteiger partial charge in [0.05, 0.1) is 31.9 Å². The molecule has 0 amide bonds. The molecule has 0 aliphatic carbocycles. The SMILES string of the molecule is CCOC(=O)c1c2n(c3cc(OC)c(OC)cc13)CCC2. The van der Waals surface area contributed by atoms with Crippen molar-refractivity contribution in [2.75, 3.05) is 20.8 Å². The Morgan fingerprint density at radius 2 is 1.95 bits per heavy atom. The number of aryl methyl sites for hydroxylation is 1. The van der Waals surface area contributed by atoms with Crippen molar-refractivity contribution in [2.24, 2.45) is 0 Å². The molecule has 1 aromatic heterocycles. The van der Waals surface area contributed by atoms with E-state index in [0.717, 1.165) is 36.0 Å². The fourth-order valence-corrected chi connectivity index (χ4v) is 3.08. The molecule has 0 unspecified atom stereocenters. The number of ether oxygens (including phenoxy) is 3. The number of rotatable bonds is 4. The van der Waals surface area contributed by atoms with Crippen LogP contribution in [0.3, 0.4) is 0 Å². The van der Waals surface area contributed by atoms with Gasteiger partial charge in [-0.2, -0.15) is 0 Å². The number of benzene rings is 1. The lowest BCUT2D eigenvalue weighted by atomic mass is 10.1. The number of carbonyl (C=O) groups is 1. The fraction of sp³-hybridized carbons (Fsp3) is 0.438. The van der Waals surface area contributed by atoms with E-state index in [0.29, 0.717) is 23.7 Å². The topological polar surface area (TPSA) is 49.7 Å². The Morgan fingerprint density at radius 3 is 2.62 bits per heavy atom. The van der Waals surface area contributed by atoms with E-state index >= 15 is 0 Å². The maximum absolute atomic E-state index is 12.3. The maximum Gasteiger partial charge on any atom is 0.340 e. The van der Waals surface area contributed by atoms with Crippen molar-refractivity contribution < 1.29 is 19.0 Å². The number of esters is 1. The second-order valence-corrected chi connectivity index (χ2v) is 5.02. The van der Waals surface area contributed by atoms with Gasteiger partial charge in [-0.15, -0.1) is 0 Å². The van der Waals surface area contributed by atoms with Crippen LogP contribution in [-0.4, -0.2) is 31.4 Å². The van der Waals surface area contributed by atoms with Crippen molar-refractivity contribution >= 4 is 16.9 Å². The van der Waals surface area contributed by atoms with Gasteiger partial charge in [-0.05, 0) is 25.8 Å². The minimum atomic E-state index is -0.259. The molecule has 1 aromatic carbocycles. The molecule has 3 rings (SSSR count). The van der Waals surface area contributed by atoms with E-state index in [1.807, 2.05) is 19.1 Å². The summed E-state index contributed by atoms with van der Waals surface area (Å²) in [6, 6.07) is 3.80. The summed E-state index contributed by atoms with van der Waals surface area (Å²) >= 11 is 0. The van der Waals surface area contributed by atoms with Crippen molar-refractivity contribution in [3.05, 3.63) is 23.4 Å². The predicted octanol–water partition coefficient (Wildman–Crippen LogP) is 2.78. The number of carbonyl (C=O) groups excluding carboxylic acids is 1. The first kappa shape index (κ1) is 13.8. The van der Waals surface area contributed by atoms with Crippen molar-refractivity contribution in [3.8, 4) is 11.5 Å². The average molecular weight is 289 g/mol. The third-order valence-electron chi connectivity index (χ3n) is 3.95. The van der Waals surface area contributed by atoms with Crippen molar-refractivity contribution in [3.63, 3.8) is 0 Å². The second kappa shape index (κ2) is 5.31. The first-order valence-electron chi connectivity index (χ1n) is 7.15. The van der Waals surface area contributed by atoms with E-state index in [2.05, 4.69) is 4.57 Å². The van der Waals surface area contributed by atoms with Crippen LogP contribution in [0.25, 0.3) is 10.9 Å². The van der Waals surface area contributed by atoms with Gasteiger partial charge in [0, 0.05) is 23.7 Å². The molecule has 0 saturated carbocycles. The van der Waals surface area contributed by atoms with E-state index in [4.69, 9.17) is 14.2 Å². The number of nitrogens with zero attached hydrogens (tertiary/aromatic N) is 1. The van der Waals surface area contributed by atoms with Gasteiger partial charge >= 0.3 is 5.97 Å². The van der Waals surface area contributed by atoms with Crippen molar-refractivity contribution in [2.45, 2.75) is 26.3 Å². The molecule has 1 aliphatic heterocycles. The normalized spacial score (nSPS) is 13.3. The number of fused-ring (bicyclic) bond motifs is 3. The smallest absolute Gasteiger partial charge is 0.340 e. The van der Waals surface area contributed by atoms with Crippen LogP contribution in [0.1, 0.15) is 29.4 Å². The van der Waals surface area contributed by atoms with Crippen LogP contribution in [0, 0.1) is 0 Å². The Labute approximate surface area is 123 Å². The Hall–Kier alpha value is -2.17. The zero-order valence-corrected chi connectivity index (χ0v) is 12.6. The van der Waals surface area contributed by atoms with Crippen LogP contribution in [0.5, 0.6) is 11.5 Å². The van der Waals surface area contributed by atoms with Crippen LogP contribution in [0.4, 0.5) is 0 Å². The lowest BCUT2D eigenvalue weighted by Gasteiger charge is -2.09. The van der Waals surface area contributed by atoms with Gasteiger partial charge in [-0.1, -0.05) is 0 Å². The highest BCUT2D eigenvalue weighted by Crippen LogP contribution is 2.38. The summed E-state index contributed by atoms with van der Waals surface area (Å²) in [7, 11) is 3.21. The zero-order chi connectivity index (χ0) is 15.0. The lowest BCUT2D eigenvalue weighted by molar-refractivity contribution is 0.0527. The molecule has 0 fully saturated rings. The van der Waals surface area contributed by atoms with E-state index in [1.165, 1.54) is 0 Å². The highest BCUT2D eigenvalue weighted by Gasteiger charge is 2.27. The maximum atomic E-state index is 12.3. The summed E-state index contributed by atoms with van der Waals surface area (Å²) in [6.07, 6.45) is 1.94. The van der Waals surface area contributed by atoms with E-state index in [9.17, 15) is 4.79 Å². The number of aromatic nitrogens is 1. The molecule has 0 saturated heterocycles. The summed E-state index contributed by atoms with van der Waals surface area (Å²) in [6.45, 7) is 3.11. The monoisotopic (exact) mass is 289 g/mol. The molecule has 5 heteroatoms. The Balaban J connectivity index is 2.28. The molecule has 112 valence electrons. The molecular weight excluding hydrogens is 270 g/mol. The quantitative estimate of drug-likeness (QED) is 0.812. The van der Waals surface area contributed by atoms with Gasteiger partial charge in [0.2, 0.25) is 0 Å². The molecule has 2 heterocycles. The van der Waals surface area contributed by atoms with Gasteiger partial charge in [0.25, 0.3) is 0 Å². The fourth-order valence-electron chi connectivity index (χ4n) is 3.08. The van der Waals surface area contributed by atoms with E-state index < -0.39 is 0 Å². The minimum absolute atomic E-state index is 0.259. The Morgan fingerprint density at radius 1 is 1.24 bits per heavy atom. The van der Waals surface area contributed by atoms with Gasteiger partial charge in [0.15, 0.2) is 11.5 Å². The van der Waals surface area contributed by atoms with Crippen LogP contribution in [-0.2, 0) is 17.7 Å².